The third kappa shape index (κ3) is 1.51. The standard InChI is InChI=1S/C7H9N3O2/c8-4-2-1-3-10-6(4)5(9)7(11)12/h1-3,5H,8-9H2,(H,11,12). The van der Waals surface area contributed by atoms with Gasteiger partial charge in [0.2, 0.25) is 0 Å². The summed E-state index contributed by atoms with van der Waals surface area (Å²) in [5.41, 5.74) is 11.2. The van der Waals surface area contributed by atoms with Gasteiger partial charge in [0.1, 0.15) is 6.04 Å². The van der Waals surface area contributed by atoms with E-state index in [0.717, 1.165) is 0 Å². The molecule has 1 aromatic heterocycles. The molecule has 0 radical (unpaired) electrons. The van der Waals surface area contributed by atoms with Gasteiger partial charge in [0, 0.05) is 6.20 Å². The fourth-order valence-corrected chi connectivity index (χ4v) is 0.807. The van der Waals surface area contributed by atoms with Crippen LogP contribution in [0.5, 0.6) is 0 Å². The van der Waals surface area contributed by atoms with Gasteiger partial charge in [-0.15, -0.1) is 0 Å². The minimum Gasteiger partial charge on any atom is -0.480 e. The van der Waals surface area contributed by atoms with Gasteiger partial charge < -0.3 is 16.6 Å². The Kier molecular flexibility index (Phi) is 2.25. The van der Waals surface area contributed by atoms with Gasteiger partial charge in [-0.1, -0.05) is 0 Å². The van der Waals surface area contributed by atoms with Gasteiger partial charge in [-0.3, -0.25) is 9.78 Å². The second-order valence-electron chi connectivity index (χ2n) is 2.29. The van der Waals surface area contributed by atoms with Crippen LogP contribution in [0.15, 0.2) is 18.3 Å². The summed E-state index contributed by atoms with van der Waals surface area (Å²) >= 11 is 0. The first-order chi connectivity index (χ1) is 5.63. The molecule has 0 bridgehead atoms. The molecule has 5 heteroatoms. The lowest BCUT2D eigenvalue weighted by Gasteiger charge is -2.07. The number of aliphatic carboxylic acids is 1. The van der Waals surface area contributed by atoms with Crippen LogP contribution in [0.4, 0.5) is 5.69 Å². The number of nitrogens with zero attached hydrogens (tertiary/aromatic N) is 1. The van der Waals surface area contributed by atoms with E-state index < -0.39 is 12.0 Å². The maximum Gasteiger partial charge on any atom is 0.326 e. The van der Waals surface area contributed by atoms with Gasteiger partial charge in [0.15, 0.2) is 0 Å². The number of hydrogen-bond donors (Lipinski definition) is 3. The SMILES string of the molecule is Nc1cccnc1C(N)C(=O)O. The van der Waals surface area contributed by atoms with Crippen molar-refractivity contribution in [3.8, 4) is 0 Å². The lowest BCUT2D eigenvalue weighted by atomic mass is 10.2. The summed E-state index contributed by atoms with van der Waals surface area (Å²) in [7, 11) is 0. The average molecular weight is 167 g/mol. The summed E-state index contributed by atoms with van der Waals surface area (Å²) in [5.74, 6) is -1.14. The van der Waals surface area contributed by atoms with Crippen molar-refractivity contribution in [1.29, 1.82) is 0 Å². The van der Waals surface area contributed by atoms with Crippen LogP contribution in [0.1, 0.15) is 11.7 Å². The molecule has 0 aliphatic rings. The smallest absolute Gasteiger partial charge is 0.326 e. The summed E-state index contributed by atoms with van der Waals surface area (Å²) < 4.78 is 0. The van der Waals surface area contributed by atoms with Crippen molar-refractivity contribution >= 4 is 11.7 Å². The molecular weight excluding hydrogens is 158 g/mol. The van der Waals surface area contributed by atoms with Crippen LogP contribution < -0.4 is 11.5 Å². The van der Waals surface area contributed by atoms with Crippen LogP contribution in [0.2, 0.25) is 0 Å². The first-order valence-electron chi connectivity index (χ1n) is 3.31. The van der Waals surface area contributed by atoms with E-state index in [1.807, 2.05) is 0 Å². The van der Waals surface area contributed by atoms with Gasteiger partial charge in [-0.2, -0.15) is 0 Å². The van der Waals surface area contributed by atoms with E-state index in [9.17, 15) is 4.79 Å². The van der Waals surface area contributed by atoms with Crippen molar-refractivity contribution in [2.45, 2.75) is 6.04 Å². The Bertz CT molecular complexity index is 300. The van der Waals surface area contributed by atoms with Crippen LogP contribution in [-0.2, 0) is 4.79 Å². The number of carbonyl (C=O) groups is 1. The van der Waals surface area contributed by atoms with Gasteiger partial charge in [-0.25, -0.2) is 0 Å². The quantitative estimate of drug-likeness (QED) is 0.563. The Hall–Kier alpha value is -1.62. The van der Waals surface area contributed by atoms with Gasteiger partial charge in [-0.05, 0) is 12.1 Å². The highest BCUT2D eigenvalue weighted by atomic mass is 16.4. The zero-order valence-corrected chi connectivity index (χ0v) is 6.27. The number of rotatable bonds is 2. The number of nitrogen functional groups attached to an aromatic ring is 1. The van der Waals surface area contributed by atoms with E-state index in [4.69, 9.17) is 16.6 Å². The zero-order chi connectivity index (χ0) is 9.14. The highest BCUT2D eigenvalue weighted by Crippen LogP contribution is 2.14. The fourth-order valence-electron chi connectivity index (χ4n) is 0.807. The van der Waals surface area contributed by atoms with Gasteiger partial charge in [0.05, 0.1) is 11.4 Å². The number of carboxylic acid groups (broad SMARTS) is 1. The van der Waals surface area contributed by atoms with E-state index >= 15 is 0 Å². The second kappa shape index (κ2) is 3.19. The first kappa shape index (κ1) is 8.48. The van der Waals surface area contributed by atoms with Crippen molar-refractivity contribution in [3.63, 3.8) is 0 Å². The predicted octanol–water partition coefficient (Wildman–Crippen LogP) is -0.252. The molecule has 1 aromatic rings. The zero-order valence-electron chi connectivity index (χ0n) is 6.27. The van der Waals surface area contributed by atoms with E-state index in [0.29, 0.717) is 5.69 Å². The van der Waals surface area contributed by atoms with Gasteiger partial charge in [0.25, 0.3) is 0 Å². The van der Waals surface area contributed by atoms with E-state index in [-0.39, 0.29) is 5.69 Å². The highest BCUT2D eigenvalue weighted by molar-refractivity contribution is 5.76. The molecule has 0 aliphatic carbocycles. The maximum atomic E-state index is 10.4. The molecule has 12 heavy (non-hydrogen) atoms. The molecular formula is C7H9N3O2. The number of aromatic nitrogens is 1. The summed E-state index contributed by atoms with van der Waals surface area (Å²) in [4.78, 5) is 14.2. The molecule has 0 aromatic carbocycles. The predicted molar refractivity (Wildman–Crippen MR) is 43.2 cm³/mol. The van der Waals surface area contributed by atoms with Crippen LogP contribution >= 0.6 is 0 Å². The monoisotopic (exact) mass is 167 g/mol. The molecule has 1 rings (SSSR count). The third-order valence-electron chi connectivity index (χ3n) is 1.43. The van der Waals surface area contributed by atoms with Crippen molar-refractivity contribution in [1.82, 2.24) is 4.98 Å². The Morgan fingerprint density at radius 3 is 2.83 bits per heavy atom. The number of nitrogens with two attached hydrogens (primary N) is 2. The first-order valence-corrected chi connectivity index (χ1v) is 3.31. The van der Waals surface area contributed by atoms with Crippen molar-refractivity contribution in [3.05, 3.63) is 24.0 Å². The topological polar surface area (TPSA) is 102 Å². The van der Waals surface area contributed by atoms with Crippen LogP contribution in [0.3, 0.4) is 0 Å². The molecule has 1 atom stereocenters. The molecule has 0 aliphatic heterocycles. The van der Waals surface area contributed by atoms with Crippen LogP contribution in [0.25, 0.3) is 0 Å². The molecule has 1 heterocycles. The lowest BCUT2D eigenvalue weighted by molar-refractivity contribution is -0.138. The largest absolute Gasteiger partial charge is 0.480 e. The van der Waals surface area contributed by atoms with Crippen molar-refractivity contribution in [2.75, 3.05) is 5.73 Å². The Labute approximate surface area is 69.0 Å². The molecule has 0 spiro atoms. The Morgan fingerprint density at radius 2 is 2.33 bits per heavy atom. The molecule has 1 unspecified atom stereocenters. The minimum absolute atomic E-state index is 0.199. The second-order valence-corrected chi connectivity index (χ2v) is 2.29. The molecule has 0 fully saturated rings. The van der Waals surface area contributed by atoms with Crippen molar-refractivity contribution < 1.29 is 9.90 Å². The number of pyridine rings is 1. The number of carboxylic acids is 1. The number of anilines is 1. The Morgan fingerprint density at radius 1 is 1.67 bits per heavy atom. The summed E-state index contributed by atoms with van der Waals surface area (Å²) in [6.45, 7) is 0. The fraction of sp³-hybridized carbons (Fsp3) is 0.143. The lowest BCUT2D eigenvalue weighted by Crippen LogP contribution is -2.22. The average Bonchev–Trinajstić information content (AvgIpc) is 2.04. The third-order valence-corrected chi connectivity index (χ3v) is 1.43. The molecule has 0 saturated carbocycles. The van der Waals surface area contributed by atoms with Gasteiger partial charge >= 0.3 is 5.97 Å². The maximum absolute atomic E-state index is 10.4. The van der Waals surface area contributed by atoms with E-state index in [1.165, 1.54) is 6.20 Å². The molecule has 64 valence electrons. The molecule has 0 saturated heterocycles. The van der Waals surface area contributed by atoms with Crippen LogP contribution in [-0.4, -0.2) is 16.1 Å². The summed E-state index contributed by atoms with van der Waals surface area (Å²) in [6, 6.07) is 2.03. The highest BCUT2D eigenvalue weighted by Gasteiger charge is 2.17. The normalized spacial score (nSPS) is 12.4. The van der Waals surface area contributed by atoms with Crippen molar-refractivity contribution in [2.24, 2.45) is 5.73 Å². The summed E-state index contributed by atoms with van der Waals surface area (Å²) in [5, 5.41) is 8.54. The molecule has 0 amide bonds. The van der Waals surface area contributed by atoms with Crippen LogP contribution in [0, 0.1) is 0 Å². The summed E-state index contributed by atoms with van der Waals surface area (Å²) in [6.07, 6.45) is 1.45. The minimum atomic E-state index is -1.15. The van der Waals surface area contributed by atoms with E-state index in [1.54, 1.807) is 12.1 Å². The van der Waals surface area contributed by atoms with E-state index in [2.05, 4.69) is 4.98 Å². The number of hydrogen-bond acceptors (Lipinski definition) is 4. The Balaban J connectivity index is 3.02. The molecule has 5 nitrogen and oxygen atoms in total. The molecule has 5 N–H and O–H groups in total.